The molecule has 0 bridgehead atoms. The lowest BCUT2D eigenvalue weighted by atomic mass is 10.2. The monoisotopic (exact) mass is 283 g/mol. The fraction of sp³-hybridized carbons (Fsp3) is 0.615. The summed E-state index contributed by atoms with van der Waals surface area (Å²) in [5.41, 5.74) is 1.81. The van der Waals surface area contributed by atoms with Crippen LogP contribution in [0.1, 0.15) is 36.9 Å². The summed E-state index contributed by atoms with van der Waals surface area (Å²) >= 11 is 0. The van der Waals surface area contributed by atoms with Gasteiger partial charge in [-0.25, -0.2) is 0 Å². The second kappa shape index (κ2) is 6.45. The molecule has 1 fully saturated rings. The molecule has 1 aliphatic heterocycles. The predicted octanol–water partition coefficient (Wildman–Crippen LogP) is 1.60. The molecule has 2 heterocycles. The molecule has 1 aliphatic rings. The molecule has 106 valence electrons. The van der Waals surface area contributed by atoms with Gasteiger partial charge in [-0.15, -0.1) is 0 Å². The van der Waals surface area contributed by atoms with Gasteiger partial charge in [0.1, 0.15) is 0 Å². The Kier molecular flexibility index (Phi) is 4.90. The molecule has 2 rings (SSSR count). The Morgan fingerprint density at radius 2 is 1.89 bits per heavy atom. The van der Waals surface area contributed by atoms with Gasteiger partial charge < -0.3 is 0 Å². The molecule has 0 radical (unpaired) electrons. The molecule has 0 amide bonds. The van der Waals surface area contributed by atoms with Crippen LogP contribution in [0.25, 0.3) is 0 Å². The molecule has 0 atom stereocenters. The van der Waals surface area contributed by atoms with Crippen LogP contribution in [-0.2, 0) is 16.8 Å². The van der Waals surface area contributed by atoms with E-state index in [-0.39, 0.29) is 0 Å². The van der Waals surface area contributed by atoms with Crippen molar-refractivity contribution in [3.05, 3.63) is 29.6 Å². The van der Waals surface area contributed by atoms with E-state index in [1.165, 1.54) is 0 Å². The van der Waals surface area contributed by atoms with E-state index in [1.807, 2.05) is 19.1 Å². The standard InChI is InChI=1S/C13H21N3O2S/c1-12-6-7-13(10-14-12)11-15-19(17,18)16-8-4-2-3-5-9-16/h6-7,10,15H,2-5,8-9,11H2,1H3. The number of nitrogens with one attached hydrogen (secondary N) is 1. The number of hydrogen-bond acceptors (Lipinski definition) is 3. The highest BCUT2D eigenvalue weighted by atomic mass is 32.2. The van der Waals surface area contributed by atoms with Crippen molar-refractivity contribution in [1.29, 1.82) is 0 Å². The zero-order valence-corrected chi connectivity index (χ0v) is 12.1. The maximum atomic E-state index is 12.2. The highest BCUT2D eigenvalue weighted by Gasteiger charge is 2.22. The van der Waals surface area contributed by atoms with Gasteiger partial charge in [0.2, 0.25) is 0 Å². The van der Waals surface area contributed by atoms with Gasteiger partial charge in [0.15, 0.2) is 0 Å². The van der Waals surface area contributed by atoms with Crippen LogP contribution in [0.2, 0.25) is 0 Å². The lowest BCUT2D eigenvalue weighted by Crippen LogP contribution is -2.40. The van der Waals surface area contributed by atoms with Crippen LogP contribution in [0.4, 0.5) is 0 Å². The zero-order valence-electron chi connectivity index (χ0n) is 11.3. The van der Waals surface area contributed by atoms with Gasteiger partial charge in [0.25, 0.3) is 10.2 Å². The lowest BCUT2D eigenvalue weighted by Gasteiger charge is -2.20. The molecule has 19 heavy (non-hydrogen) atoms. The van der Waals surface area contributed by atoms with E-state index in [4.69, 9.17) is 0 Å². The van der Waals surface area contributed by atoms with Gasteiger partial charge in [0.05, 0.1) is 0 Å². The summed E-state index contributed by atoms with van der Waals surface area (Å²) < 4.78 is 28.6. The highest BCUT2D eigenvalue weighted by Crippen LogP contribution is 2.12. The minimum Gasteiger partial charge on any atom is -0.261 e. The average molecular weight is 283 g/mol. The Balaban J connectivity index is 1.94. The lowest BCUT2D eigenvalue weighted by molar-refractivity contribution is 0.414. The van der Waals surface area contributed by atoms with Gasteiger partial charge in [-0.2, -0.15) is 17.4 Å². The SMILES string of the molecule is Cc1ccc(CNS(=O)(=O)N2CCCCCC2)cn1. The van der Waals surface area contributed by atoms with Crippen molar-refractivity contribution in [3.8, 4) is 0 Å². The topological polar surface area (TPSA) is 62.3 Å². The van der Waals surface area contributed by atoms with Crippen molar-refractivity contribution in [3.63, 3.8) is 0 Å². The molecule has 6 heteroatoms. The molecule has 0 unspecified atom stereocenters. The van der Waals surface area contributed by atoms with E-state index in [0.717, 1.165) is 36.9 Å². The first-order valence-corrected chi connectivity index (χ1v) is 8.18. The third-order valence-electron chi connectivity index (χ3n) is 3.34. The number of rotatable bonds is 4. The minimum absolute atomic E-state index is 0.298. The number of pyridine rings is 1. The molecule has 0 spiro atoms. The Labute approximate surface area is 115 Å². The van der Waals surface area contributed by atoms with Gasteiger partial charge in [-0.3, -0.25) is 4.98 Å². The maximum Gasteiger partial charge on any atom is 0.279 e. The molecule has 5 nitrogen and oxygen atoms in total. The fourth-order valence-corrected chi connectivity index (χ4v) is 3.42. The van der Waals surface area contributed by atoms with Gasteiger partial charge >= 0.3 is 0 Å². The van der Waals surface area contributed by atoms with Crippen LogP contribution in [0.5, 0.6) is 0 Å². The maximum absolute atomic E-state index is 12.2. The minimum atomic E-state index is -3.36. The first kappa shape index (κ1) is 14.4. The van der Waals surface area contributed by atoms with Gasteiger partial charge in [0, 0.05) is 31.5 Å². The normalized spacial score (nSPS) is 18.2. The third kappa shape index (κ3) is 4.26. The quantitative estimate of drug-likeness (QED) is 0.913. The van der Waals surface area contributed by atoms with Crippen molar-refractivity contribution in [2.24, 2.45) is 0 Å². The summed E-state index contributed by atoms with van der Waals surface area (Å²) in [7, 11) is -3.36. The first-order chi connectivity index (χ1) is 9.08. The summed E-state index contributed by atoms with van der Waals surface area (Å²) in [6, 6.07) is 3.78. The Morgan fingerprint density at radius 1 is 1.21 bits per heavy atom. The fourth-order valence-electron chi connectivity index (χ4n) is 2.15. The molecule has 0 saturated carbocycles. The molecular weight excluding hydrogens is 262 g/mol. The second-order valence-electron chi connectivity index (χ2n) is 4.95. The second-order valence-corrected chi connectivity index (χ2v) is 6.70. The van der Waals surface area contributed by atoms with Crippen LogP contribution in [0.15, 0.2) is 18.3 Å². The van der Waals surface area contributed by atoms with E-state index in [9.17, 15) is 8.42 Å². The Bertz CT molecular complexity index is 491. The molecular formula is C13H21N3O2S. The number of aryl methyl sites for hydroxylation is 1. The number of aromatic nitrogens is 1. The van der Waals surface area contributed by atoms with Crippen molar-refractivity contribution in [1.82, 2.24) is 14.0 Å². The van der Waals surface area contributed by atoms with E-state index in [1.54, 1.807) is 10.5 Å². The number of nitrogens with zero attached hydrogens (tertiary/aromatic N) is 2. The Hall–Kier alpha value is -0.980. The first-order valence-electron chi connectivity index (χ1n) is 6.74. The van der Waals surface area contributed by atoms with E-state index >= 15 is 0 Å². The van der Waals surface area contributed by atoms with Crippen LogP contribution in [0.3, 0.4) is 0 Å². The average Bonchev–Trinajstić information content (AvgIpc) is 2.67. The molecule has 0 aromatic carbocycles. The summed E-state index contributed by atoms with van der Waals surface area (Å²) in [4.78, 5) is 4.16. The Morgan fingerprint density at radius 3 is 2.47 bits per heavy atom. The summed E-state index contributed by atoms with van der Waals surface area (Å²) in [5.74, 6) is 0. The molecule has 1 saturated heterocycles. The zero-order chi connectivity index (χ0) is 13.7. The van der Waals surface area contributed by atoms with Crippen LogP contribution in [-0.4, -0.2) is 30.8 Å². The summed E-state index contributed by atoms with van der Waals surface area (Å²) in [5, 5.41) is 0. The van der Waals surface area contributed by atoms with Crippen LogP contribution in [0, 0.1) is 6.92 Å². The molecule has 1 aromatic heterocycles. The van der Waals surface area contributed by atoms with E-state index in [2.05, 4.69) is 9.71 Å². The van der Waals surface area contributed by atoms with Crippen molar-refractivity contribution in [2.45, 2.75) is 39.2 Å². The molecule has 1 N–H and O–H groups in total. The highest BCUT2D eigenvalue weighted by molar-refractivity contribution is 7.87. The van der Waals surface area contributed by atoms with Gasteiger partial charge in [-0.1, -0.05) is 18.9 Å². The van der Waals surface area contributed by atoms with Crippen molar-refractivity contribution in [2.75, 3.05) is 13.1 Å². The van der Waals surface area contributed by atoms with Crippen LogP contribution < -0.4 is 4.72 Å². The summed E-state index contributed by atoms with van der Waals surface area (Å²) in [6.45, 7) is 3.46. The number of hydrogen-bond donors (Lipinski definition) is 1. The largest absolute Gasteiger partial charge is 0.279 e. The summed E-state index contributed by atoms with van der Waals surface area (Å²) in [6.07, 6.45) is 5.85. The van der Waals surface area contributed by atoms with Crippen molar-refractivity contribution >= 4 is 10.2 Å². The van der Waals surface area contributed by atoms with Gasteiger partial charge in [-0.05, 0) is 31.4 Å². The molecule has 1 aromatic rings. The molecule has 0 aliphatic carbocycles. The van der Waals surface area contributed by atoms with E-state index < -0.39 is 10.2 Å². The smallest absolute Gasteiger partial charge is 0.261 e. The van der Waals surface area contributed by atoms with Crippen molar-refractivity contribution < 1.29 is 8.42 Å². The predicted molar refractivity (Wildman–Crippen MR) is 74.8 cm³/mol. The van der Waals surface area contributed by atoms with E-state index in [0.29, 0.717) is 19.6 Å². The third-order valence-corrected chi connectivity index (χ3v) is 4.89. The van der Waals surface area contributed by atoms with Crippen LogP contribution >= 0.6 is 0 Å².